The van der Waals surface area contributed by atoms with E-state index in [9.17, 15) is 18.0 Å². The van der Waals surface area contributed by atoms with Gasteiger partial charge in [-0.25, -0.2) is 8.42 Å². The molecule has 0 unspecified atom stereocenters. The van der Waals surface area contributed by atoms with Gasteiger partial charge in [0.15, 0.2) is 0 Å². The third-order valence-electron chi connectivity index (χ3n) is 7.43. The molecule has 2 amide bonds. The SMILES string of the molecule is CCNC(=O)[C@@H](Cc1ccccc1)N(Cc1cccc(OC)c1)C(=O)CN(c1ccc(C)cc1)S(=O)(=O)c1ccc(OCC)cc1. The van der Waals surface area contributed by atoms with E-state index in [0.717, 1.165) is 21.0 Å². The van der Waals surface area contributed by atoms with Gasteiger partial charge in [0.2, 0.25) is 11.8 Å². The molecule has 0 bridgehead atoms. The van der Waals surface area contributed by atoms with Gasteiger partial charge < -0.3 is 19.7 Å². The van der Waals surface area contributed by atoms with Gasteiger partial charge >= 0.3 is 0 Å². The molecule has 0 heterocycles. The van der Waals surface area contributed by atoms with E-state index < -0.39 is 28.5 Å². The van der Waals surface area contributed by atoms with Crippen molar-refractivity contribution in [2.45, 2.75) is 44.7 Å². The summed E-state index contributed by atoms with van der Waals surface area (Å²) in [4.78, 5) is 29.6. The molecule has 0 aliphatic rings. The van der Waals surface area contributed by atoms with Crippen LogP contribution in [0.15, 0.2) is 108 Å². The molecular formula is C36H41N3O6S. The first kappa shape index (κ1) is 34.1. The second-order valence-corrected chi connectivity index (χ2v) is 12.6. The van der Waals surface area contributed by atoms with Crippen molar-refractivity contribution in [3.05, 3.63) is 120 Å². The van der Waals surface area contributed by atoms with Gasteiger partial charge in [0, 0.05) is 19.5 Å². The predicted molar refractivity (Wildman–Crippen MR) is 179 cm³/mol. The summed E-state index contributed by atoms with van der Waals surface area (Å²) in [5.74, 6) is 0.264. The van der Waals surface area contributed by atoms with E-state index in [4.69, 9.17) is 9.47 Å². The number of amides is 2. The van der Waals surface area contributed by atoms with Crippen LogP contribution in [0.2, 0.25) is 0 Å². The first-order chi connectivity index (χ1) is 22.2. The first-order valence-electron chi connectivity index (χ1n) is 15.2. The average molecular weight is 644 g/mol. The molecule has 0 aromatic heterocycles. The second kappa shape index (κ2) is 15.9. The summed E-state index contributed by atoms with van der Waals surface area (Å²) in [6.45, 7) is 5.88. The monoisotopic (exact) mass is 643 g/mol. The normalized spacial score (nSPS) is 11.7. The number of methoxy groups -OCH3 is 1. The Kier molecular flexibility index (Phi) is 11.8. The maximum atomic E-state index is 14.5. The van der Waals surface area contributed by atoms with E-state index in [0.29, 0.717) is 30.3 Å². The molecule has 0 aliphatic carbocycles. The zero-order chi connectivity index (χ0) is 33.1. The van der Waals surface area contributed by atoms with E-state index >= 15 is 0 Å². The number of likely N-dealkylation sites (N-methyl/N-ethyl adjacent to an activating group) is 1. The van der Waals surface area contributed by atoms with Crippen LogP contribution in [-0.4, -0.2) is 58.0 Å². The summed E-state index contributed by atoms with van der Waals surface area (Å²) in [5.41, 5.74) is 2.85. The topological polar surface area (TPSA) is 105 Å². The Morgan fingerprint density at radius 2 is 1.50 bits per heavy atom. The minimum atomic E-state index is -4.22. The zero-order valence-electron chi connectivity index (χ0n) is 26.7. The van der Waals surface area contributed by atoms with Crippen molar-refractivity contribution in [1.82, 2.24) is 10.2 Å². The van der Waals surface area contributed by atoms with Gasteiger partial charge in [0.05, 0.1) is 24.3 Å². The predicted octanol–water partition coefficient (Wildman–Crippen LogP) is 5.37. The third kappa shape index (κ3) is 8.66. The summed E-state index contributed by atoms with van der Waals surface area (Å²) >= 11 is 0. The van der Waals surface area contributed by atoms with E-state index in [2.05, 4.69) is 5.32 Å². The summed E-state index contributed by atoms with van der Waals surface area (Å²) in [7, 11) is -2.66. The number of aryl methyl sites for hydroxylation is 1. The average Bonchev–Trinajstić information content (AvgIpc) is 3.06. The van der Waals surface area contributed by atoms with Crippen molar-refractivity contribution >= 4 is 27.5 Å². The fourth-order valence-corrected chi connectivity index (χ4v) is 6.47. The highest BCUT2D eigenvalue weighted by atomic mass is 32.2. The number of nitrogens with zero attached hydrogens (tertiary/aromatic N) is 2. The van der Waals surface area contributed by atoms with Crippen LogP contribution in [0.5, 0.6) is 11.5 Å². The van der Waals surface area contributed by atoms with Gasteiger partial charge in [-0.05, 0) is 80.4 Å². The number of rotatable bonds is 15. The van der Waals surface area contributed by atoms with E-state index in [1.165, 1.54) is 17.0 Å². The molecule has 10 heteroatoms. The molecule has 4 aromatic carbocycles. The van der Waals surface area contributed by atoms with Crippen LogP contribution >= 0.6 is 0 Å². The number of nitrogens with one attached hydrogen (secondary N) is 1. The smallest absolute Gasteiger partial charge is 0.264 e. The molecule has 0 saturated carbocycles. The number of carbonyl (C=O) groups excluding carboxylic acids is 2. The molecule has 1 atom stereocenters. The number of anilines is 1. The van der Waals surface area contributed by atoms with Crippen LogP contribution in [0, 0.1) is 6.92 Å². The molecule has 4 rings (SSSR count). The van der Waals surface area contributed by atoms with Gasteiger partial charge in [-0.3, -0.25) is 13.9 Å². The molecule has 0 saturated heterocycles. The quantitative estimate of drug-likeness (QED) is 0.187. The highest BCUT2D eigenvalue weighted by Gasteiger charge is 2.34. The Balaban J connectivity index is 1.79. The Labute approximate surface area is 271 Å². The van der Waals surface area contributed by atoms with Crippen LogP contribution in [0.1, 0.15) is 30.5 Å². The van der Waals surface area contributed by atoms with Crippen LogP contribution in [0.3, 0.4) is 0 Å². The molecule has 0 fully saturated rings. The number of hydrogen-bond donors (Lipinski definition) is 1. The van der Waals surface area contributed by atoms with Crippen LogP contribution in [0.4, 0.5) is 5.69 Å². The molecule has 46 heavy (non-hydrogen) atoms. The molecule has 0 radical (unpaired) electrons. The van der Waals surface area contributed by atoms with Gasteiger partial charge in [-0.2, -0.15) is 0 Å². The third-order valence-corrected chi connectivity index (χ3v) is 9.22. The largest absolute Gasteiger partial charge is 0.497 e. The Morgan fingerprint density at radius 3 is 2.13 bits per heavy atom. The maximum absolute atomic E-state index is 14.5. The number of hydrogen-bond acceptors (Lipinski definition) is 6. The molecule has 0 aliphatic heterocycles. The fraction of sp³-hybridized carbons (Fsp3) is 0.278. The molecule has 4 aromatic rings. The Bertz CT molecular complexity index is 1690. The molecule has 0 spiro atoms. The lowest BCUT2D eigenvalue weighted by Crippen LogP contribution is -2.53. The fourth-order valence-electron chi connectivity index (χ4n) is 5.06. The van der Waals surface area contributed by atoms with E-state index in [1.807, 2.05) is 63.2 Å². The first-order valence-corrected chi connectivity index (χ1v) is 16.7. The molecule has 242 valence electrons. The number of carbonyl (C=O) groups is 2. The lowest BCUT2D eigenvalue weighted by Gasteiger charge is -2.34. The highest BCUT2D eigenvalue weighted by molar-refractivity contribution is 7.92. The Morgan fingerprint density at radius 1 is 0.826 bits per heavy atom. The van der Waals surface area contributed by atoms with Gasteiger partial charge in [-0.1, -0.05) is 60.2 Å². The summed E-state index contributed by atoms with van der Waals surface area (Å²) in [5, 5.41) is 2.87. The van der Waals surface area contributed by atoms with Crippen molar-refractivity contribution in [2.24, 2.45) is 0 Å². The standard InChI is InChI=1S/C36H41N3O6S/c1-5-37-36(41)34(24-28-11-8-7-9-12-28)38(25-29-13-10-14-32(23-29)44-4)35(40)26-39(30-17-15-27(3)16-18-30)46(42,43)33-21-19-31(20-22-33)45-6-2/h7-23,34H,5-6,24-26H2,1-4H3,(H,37,41)/t34-/m1/s1. The lowest BCUT2D eigenvalue weighted by atomic mass is 10.0. The second-order valence-electron chi connectivity index (χ2n) is 10.7. The lowest BCUT2D eigenvalue weighted by molar-refractivity contribution is -0.140. The van der Waals surface area contributed by atoms with Gasteiger partial charge in [-0.15, -0.1) is 0 Å². The van der Waals surface area contributed by atoms with Gasteiger partial charge in [0.1, 0.15) is 24.1 Å². The van der Waals surface area contributed by atoms with Crippen molar-refractivity contribution in [3.63, 3.8) is 0 Å². The zero-order valence-corrected chi connectivity index (χ0v) is 27.5. The maximum Gasteiger partial charge on any atom is 0.264 e. The molecular weight excluding hydrogens is 602 g/mol. The van der Waals surface area contributed by atoms with Crippen molar-refractivity contribution < 1.29 is 27.5 Å². The van der Waals surface area contributed by atoms with Crippen molar-refractivity contribution in [1.29, 1.82) is 0 Å². The number of ether oxygens (including phenoxy) is 2. The minimum Gasteiger partial charge on any atom is -0.497 e. The number of sulfonamides is 1. The summed E-state index contributed by atoms with van der Waals surface area (Å²) in [6, 6.07) is 28.8. The van der Waals surface area contributed by atoms with E-state index in [1.54, 1.807) is 55.6 Å². The molecule has 9 nitrogen and oxygen atoms in total. The Hall–Kier alpha value is -4.83. The summed E-state index contributed by atoms with van der Waals surface area (Å²) in [6.07, 6.45) is 0.235. The summed E-state index contributed by atoms with van der Waals surface area (Å²) < 4.78 is 40.4. The van der Waals surface area contributed by atoms with Crippen LogP contribution < -0.4 is 19.1 Å². The van der Waals surface area contributed by atoms with Crippen molar-refractivity contribution in [3.8, 4) is 11.5 Å². The minimum absolute atomic E-state index is 0.00763. The van der Waals surface area contributed by atoms with E-state index in [-0.39, 0.29) is 23.8 Å². The van der Waals surface area contributed by atoms with Crippen LogP contribution in [0.25, 0.3) is 0 Å². The number of benzene rings is 4. The molecule has 1 N–H and O–H groups in total. The van der Waals surface area contributed by atoms with Gasteiger partial charge in [0.25, 0.3) is 10.0 Å². The highest BCUT2D eigenvalue weighted by Crippen LogP contribution is 2.27. The van der Waals surface area contributed by atoms with Crippen LogP contribution in [-0.2, 0) is 32.6 Å². The van der Waals surface area contributed by atoms with Crippen molar-refractivity contribution in [2.75, 3.05) is 31.1 Å².